The Morgan fingerprint density at radius 2 is 1.92 bits per heavy atom. The van der Waals surface area contributed by atoms with Gasteiger partial charge in [-0.2, -0.15) is 0 Å². The van der Waals surface area contributed by atoms with Gasteiger partial charge in [-0.3, -0.25) is 4.79 Å². The zero-order valence-electron chi connectivity index (χ0n) is 15.1. The molecule has 2 N–H and O–H groups in total. The molecule has 6 heteroatoms. The standard InChI is InChI=1S/C19H28N2O3.ClH/c1-23-17-9-8-14(11-18(17)24-2)16-7-4-10-21(16)19(22)12-13-5-3-6-15(13)20;/h8-9,11,13,15-16H,3-7,10,12,20H2,1-2H3;1H/t13-,15+,16?;/m0./s1. The van der Waals surface area contributed by atoms with E-state index in [1.807, 2.05) is 23.1 Å². The fraction of sp³-hybridized carbons (Fsp3) is 0.632. The zero-order valence-corrected chi connectivity index (χ0v) is 15.9. The lowest BCUT2D eigenvalue weighted by atomic mass is 9.98. The van der Waals surface area contributed by atoms with Crippen molar-refractivity contribution >= 4 is 18.3 Å². The van der Waals surface area contributed by atoms with Gasteiger partial charge in [-0.25, -0.2) is 0 Å². The summed E-state index contributed by atoms with van der Waals surface area (Å²) < 4.78 is 10.7. The summed E-state index contributed by atoms with van der Waals surface area (Å²) in [6.07, 6.45) is 5.92. The number of ether oxygens (including phenoxy) is 2. The Bertz CT molecular complexity index is 596. The van der Waals surface area contributed by atoms with E-state index in [0.29, 0.717) is 23.8 Å². The topological polar surface area (TPSA) is 64.8 Å². The highest BCUT2D eigenvalue weighted by molar-refractivity contribution is 5.85. The number of methoxy groups -OCH3 is 2. The van der Waals surface area contributed by atoms with Gasteiger partial charge in [0.05, 0.1) is 20.3 Å². The quantitative estimate of drug-likeness (QED) is 0.865. The number of carbonyl (C=O) groups excluding carboxylic acids is 1. The Morgan fingerprint density at radius 1 is 1.16 bits per heavy atom. The molecule has 5 nitrogen and oxygen atoms in total. The number of benzene rings is 1. The molecular weight excluding hydrogens is 340 g/mol. The molecule has 1 saturated heterocycles. The fourth-order valence-electron chi connectivity index (χ4n) is 4.13. The molecule has 1 aromatic carbocycles. The third kappa shape index (κ3) is 4.21. The number of rotatable bonds is 5. The van der Waals surface area contributed by atoms with Crippen molar-refractivity contribution in [1.29, 1.82) is 0 Å². The van der Waals surface area contributed by atoms with Crippen LogP contribution in [-0.4, -0.2) is 37.6 Å². The van der Waals surface area contributed by atoms with Gasteiger partial charge in [-0.05, 0) is 49.3 Å². The van der Waals surface area contributed by atoms with Crippen molar-refractivity contribution in [1.82, 2.24) is 4.90 Å². The van der Waals surface area contributed by atoms with E-state index in [1.165, 1.54) is 0 Å². The van der Waals surface area contributed by atoms with Crippen LogP contribution in [0.3, 0.4) is 0 Å². The van der Waals surface area contributed by atoms with Crippen molar-refractivity contribution in [3.63, 3.8) is 0 Å². The zero-order chi connectivity index (χ0) is 17.1. The van der Waals surface area contributed by atoms with Crippen LogP contribution in [0.4, 0.5) is 0 Å². The van der Waals surface area contributed by atoms with Gasteiger partial charge < -0.3 is 20.1 Å². The molecule has 140 valence electrons. The number of halogens is 1. The molecule has 0 aromatic heterocycles. The van der Waals surface area contributed by atoms with E-state index >= 15 is 0 Å². The van der Waals surface area contributed by atoms with Crippen molar-refractivity contribution in [3.05, 3.63) is 23.8 Å². The van der Waals surface area contributed by atoms with Crippen molar-refractivity contribution in [2.24, 2.45) is 11.7 Å². The Kier molecular flexibility index (Phi) is 6.96. The Labute approximate surface area is 156 Å². The summed E-state index contributed by atoms with van der Waals surface area (Å²) >= 11 is 0. The highest BCUT2D eigenvalue weighted by atomic mass is 35.5. The lowest BCUT2D eigenvalue weighted by Gasteiger charge is -2.27. The second kappa shape index (κ2) is 8.77. The van der Waals surface area contributed by atoms with E-state index in [1.54, 1.807) is 14.2 Å². The first kappa shape index (κ1) is 19.9. The molecule has 1 unspecified atom stereocenters. The van der Waals surface area contributed by atoms with Gasteiger partial charge in [-0.1, -0.05) is 12.5 Å². The van der Waals surface area contributed by atoms with Crippen LogP contribution in [0.2, 0.25) is 0 Å². The Hall–Kier alpha value is -1.46. The van der Waals surface area contributed by atoms with Crippen molar-refractivity contribution in [2.45, 2.75) is 50.6 Å². The molecule has 3 rings (SSSR count). The van der Waals surface area contributed by atoms with E-state index in [0.717, 1.165) is 44.2 Å². The molecule has 0 spiro atoms. The molecule has 0 bridgehead atoms. The fourth-order valence-corrected chi connectivity index (χ4v) is 4.13. The van der Waals surface area contributed by atoms with Gasteiger partial charge in [0, 0.05) is 19.0 Å². The molecule has 3 atom stereocenters. The minimum absolute atomic E-state index is 0. The van der Waals surface area contributed by atoms with Gasteiger partial charge in [0.2, 0.25) is 5.91 Å². The molecule has 2 aliphatic rings. The lowest BCUT2D eigenvalue weighted by molar-refractivity contribution is -0.133. The maximum Gasteiger partial charge on any atom is 0.223 e. The maximum atomic E-state index is 12.8. The van der Waals surface area contributed by atoms with Gasteiger partial charge >= 0.3 is 0 Å². The maximum absolute atomic E-state index is 12.8. The van der Waals surface area contributed by atoms with Crippen LogP contribution in [0.15, 0.2) is 18.2 Å². The summed E-state index contributed by atoms with van der Waals surface area (Å²) in [5, 5.41) is 0. The number of likely N-dealkylation sites (tertiary alicyclic amines) is 1. The van der Waals surface area contributed by atoms with Crippen LogP contribution in [-0.2, 0) is 4.79 Å². The molecule has 25 heavy (non-hydrogen) atoms. The molecular formula is C19H29ClN2O3. The van der Waals surface area contributed by atoms with E-state index in [-0.39, 0.29) is 30.4 Å². The number of hydrogen-bond acceptors (Lipinski definition) is 4. The van der Waals surface area contributed by atoms with E-state index in [4.69, 9.17) is 15.2 Å². The largest absolute Gasteiger partial charge is 0.493 e. The average molecular weight is 369 g/mol. The summed E-state index contributed by atoms with van der Waals surface area (Å²) in [5.41, 5.74) is 7.26. The second-order valence-corrected chi connectivity index (χ2v) is 6.92. The van der Waals surface area contributed by atoms with E-state index in [2.05, 4.69) is 0 Å². The first-order valence-electron chi connectivity index (χ1n) is 8.91. The normalized spacial score (nSPS) is 25.6. The Morgan fingerprint density at radius 3 is 2.56 bits per heavy atom. The molecule has 1 saturated carbocycles. The molecule has 1 heterocycles. The van der Waals surface area contributed by atoms with Crippen molar-refractivity contribution in [2.75, 3.05) is 20.8 Å². The number of amides is 1. The van der Waals surface area contributed by atoms with Crippen LogP contribution in [0.25, 0.3) is 0 Å². The van der Waals surface area contributed by atoms with Gasteiger partial charge in [-0.15, -0.1) is 12.4 Å². The molecule has 1 amide bonds. The van der Waals surface area contributed by atoms with Gasteiger partial charge in [0.25, 0.3) is 0 Å². The first-order chi connectivity index (χ1) is 11.6. The second-order valence-electron chi connectivity index (χ2n) is 6.92. The summed E-state index contributed by atoms with van der Waals surface area (Å²) in [6, 6.07) is 6.28. The first-order valence-corrected chi connectivity index (χ1v) is 8.91. The van der Waals surface area contributed by atoms with Crippen LogP contribution in [0.5, 0.6) is 11.5 Å². The number of carbonyl (C=O) groups is 1. The average Bonchev–Trinajstić information content (AvgIpc) is 3.23. The summed E-state index contributed by atoms with van der Waals surface area (Å²) in [6.45, 7) is 0.833. The monoisotopic (exact) mass is 368 g/mol. The van der Waals surface area contributed by atoms with Crippen LogP contribution in [0.1, 0.15) is 50.1 Å². The predicted molar refractivity (Wildman–Crippen MR) is 100 cm³/mol. The van der Waals surface area contributed by atoms with Crippen LogP contribution >= 0.6 is 12.4 Å². The van der Waals surface area contributed by atoms with Crippen molar-refractivity contribution < 1.29 is 14.3 Å². The summed E-state index contributed by atoms with van der Waals surface area (Å²) in [7, 11) is 3.27. The predicted octanol–water partition coefficient (Wildman–Crippen LogP) is 3.31. The van der Waals surface area contributed by atoms with E-state index < -0.39 is 0 Å². The van der Waals surface area contributed by atoms with Crippen LogP contribution in [0, 0.1) is 5.92 Å². The SMILES string of the molecule is COc1ccc(C2CCCN2C(=O)C[C@@H]2CCC[C@H]2N)cc1OC.Cl. The Balaban J connectivity index is 0.00000225. The summed E-state index contributed by atoms with van der Waals surface area (Å²) in [4.78, 5) is 14.9. The van der Waals surface area contributed by atoms with Gasteiger partial charge in [0.1, 0.15) is 0 Å². The molecule has 1 aliphatic carbocycles. The van der Waals surface area contributed by atoms with Gasteiger partial charge in [0.15, 0.2) is 11.5 Å². The highest BCUT2D eigenvalue weighted by Crippen LogP contribution is 2.38. The highest BCUT2D eigenvalue weighted by Gasteiger charge is 2.33. The van der Waals surface area contributed by atoms with Crippen LogP contribution < -0.4 is 15.2 Å². The van der Waals surface area contributed by atoms with Crippen molar-refractivity contribution in [3.8, 4) is 11.5 Å². The summed E-state index contributed by atoms with van der Waals surface area (Å²) in [5.74, 6) is 2.03. The molecule has 1 aromatic rings. The number of hydrogen-bond donors (Lipinski definition) is 1. The minimum atomic E-state index is 0. The third-order valence-electron chi connectivity index (χ3n) is 5.52. The lowest BCUT2D eigenvalue weighted by Crippen LogP contribution is -2.35. The number of nitrogens with zero attached hydrogens (tertiary/aromatic N) is 1. The smallest absolute Gasteiger partial charge is 0.223 e. The molecule has 2 fully saturated rings. The third-order valence-corrected chi connectivity index (χ3v) is 5.52. The van der Waals surface area contributed by atoms with E-state index in [9.17, 15) is 4.79 Å². The molecule has 1 aliphatic heterocycles. The molecule has 0 radical (unpaired) electrons. The number of nitrogens with two attached hydrogens (primary N) is 1. The minimum Gasteiger partial charge on any atom is -0.493 e.